The van der Waals surface area contributed by atoms with Gasteiger partial charge in [0.1, 0.15) is 0 Å². The van der Waals surface area contributed by atoms with Crippen LogP contribution in [0.15, 0.2) is 0 Å². The summed E-state index contributed by atoms with van der Waals surface area (Å²) in [5, 5.41) is 4.18. The predicted octanol–water partition coefficient (Wildman–Crippen LogP) is 0.775. The highest BCUT2D eigenvalue weighted by molar-refractivity contribution is 5.93. The molecule has 0 aliphatic carbocycles. The normalized spacial score (nSPS) is 10.8. The third-order valence-electron chi connectivity index (χ3n) is 2.79. The van der Waals surface area contributed by atoms with Crippen molar-refractivity contribution >= 4 is 11.7 Å². The van der Waals surface area contributed by atoms with Gasteiger partial charge in [0.25, 0.3) is 0 Å². The van der Waals surface area contributed by atoms with E-state index in [0.29, 0.717) is 49.7 Å². The first-order valence-electron chi connectivity index (χ1n) is 6.66. The molecule has 1 heterocycles. The van der Waals surface area contributed by atoms with E-state index >= 15 is 0 Å². The Kier molecular flexibility index (Phi) is 7.03. The van der Waals surface area contributed by atoms with Gasteiger partial charge in [-0.05, 0) is 6.42 Å². The van der Waals surface area contributed by atoms with E-state index in [1.165, 1.54) is 4.68 Å². The number of ether oxygens (including phenoxy) is 3. The summed E-state index contributed by atoms with van der Waals surface area (Å²) in [6.07, 6.45) is 1.31. The number of hydrogen-bond acceptors (Lipinski definition) is 6. The van der Waals surface area contributed by atoms with Crippen molar-refractivity contribution in [3.05, 3.63) is 11.4 Å². The van der Waals surface area contributed by atoms with Gasteiger partial charge in [0.2, 0.25) is 0 Å². The molecule has 0 radical (unpaired) electrons. The lowest BCUT2D eigenvalue weighted by Gasteiger charge is -2.06. The molecular formula is C13H23N3O4. The third kappa shape index (κ3) is 4.50. The van der Waals surface area contributed by atoms with Crippen LogP contribution in [0.5, 0.6) is 0 Å². The van der Waals surface area contributed by atoms with Crippen molar-refractivity contribution in [1.82, 2.24) is 9.78 Å². The van der Waals surface area contributed by atoms with Crippen molar-refractivity contribution in [2.45, 2.75) is 19.8 Å². The molecule has 114 valence electrons. The molecule has 1 aromatic rings. The van der Waals surface area contributed by atoms with E-state index in [2.05, 4.69) is 5.10 Å². The van der Waals surface area contributed by atoms with Gasteiger partial charge in [0.15, 0.2) is 5.69 Å². The zero-order chi connectivity index (χ0) is 15.0. The van der Waals surface area contributed by atoms with E-state index in [9.17, 15) is 4.79 Å². The van der Waals surface area contributed by atoms with Crippen LogP contribution in [-0.2, 0) is 27.7 Å². The quantitative estimate of drug-likeness (QED) is 0.532. The van der Waals surface area contributed by atoms with Crippen molar-refractivity contribution < 1.29 is 19.0 Å². The van der Waals surface area contributed by atoms with Crippen molar-refractivity contribution in [2.24, 2.45) is 7.05 Å². The number of hydrogen-bond donors (Lipinski definition) is 1. The first-order chi connectivity index (χ1) is 9.61. The highest BCUT2D eigenvalue weighted by Crippen LogP contribution is 2.17. The van der Waals surface area contributed by atoms with Crippen LogP contribution in [0.1, 0.15) is 29.5 Å². The van der Waals surface area contributed by atoms with Crippen molar-refractivity contribution in [3.63, 3.8) is 0 Å². The summed E-state index contributed by atoms with van der Waals surface area (Å²) in [5.41, 5.74) is 7.30. The summed E-state index contributed by atoms with van der Waals surface area (Å²) < 4.78 is 16.7. The first-order valence-corrected chi connectivity index (χ1v) is 6.66. The van der Waals surface area contributed by atoms with Gasteiger partial charge in [0.05, 0.1) is 31.2 Å². The molecular weight excluding hydrogens is 262 g/mol. The summed E-state index contributed by atoms with van der Waals surface area (Å²) in [7, 11) is 3.30. The number of rotatable bonds is 9. The fourth-order valence-corrected chi connectivity index (χ4v) is 1.74. The monoisotopic (exact) mass is 285 g/mol. The van der Waals surface area contributed by atoms with E-state index in [0.717, 1.165) is 0 Å². The molecule has 0 aliphatic rings. The van der Waals surface area contributed by atoms with Crippen molar-refractivity contribution in [3.8, 4) is 0 Å². The molecule has 7 heteroatoms. The highest BCUT2D eigenvalue weighted by Gasteiger charge is 2.20. The van der Waals surface area contributed by atoms with Gasteiger partial charge in [-0.2, -0.15) is 5.10 Å². The van der Waals surface area contributed by atoms with E-state index in [1.807, 2.05) is 6.92 Å². The molecule has 0 unspecified atom stereocenters. The average molecular weight is 285 g/mol. The molecule has 0 saturated carbocycles. The van der Waals surface area contributed by atoms with Crippen LogP contribution in [0.3, 0.4) is 0 Å². The SMILES string of the molecule is CCc1nn(C)c(C(=O)OCCCOCCOC)c1N. The lowest BCUT2D eigenvalue weighted by atomic mass is 10.2. The minimum Gasteiger partial charge on any atom is -0.461 e. The second kappa shape index (κ2) is 8.55. The number of carbonyl (C=O) groups excluding carboxylic acids is 1. The van der Waals surface area contributed by atoms with Gasteiger partial charge in [-0.25, -0.2) is 4.79 Å². The van der Waals surface area contributed by atoms with E-state index in [-0.39, 0.29) is 6.61 Å². The van der Waals surface area contributed by atoms with Crippen LogP contribution in [0, 0.1) is 0 Å². The topological polar surface area (TPSA) is 88.6 Å². The molecule has 0 saturated heterocycles. The Hall–Kier alpha value is -1.60. The molecule has 0 aromatic carbocycles. The Labute approximate surface area is 119 Å². The van der Waals surface area contributed by atoms with Crippen LogP contribution in [-0.4, -0.2) is 49.3 Å². The molecule has 1 aromatic heterocycles. The predicted molar refractivity (Wildman–Crippen MR) is 74.6 cm³/mol. The number of esters is 1. The Balaban J connectivity index is 2.35. The Morgan fingerprint density at radius 2 is 2.05 bits per heavy atom. The van der Waals surface area contributed by atoms with Gasteiger partial charge < -0.3 is 19.9 Å². The molecule has 20 heavy (non-hydrogen) atoms. The molecule has 0 fully saturated rings. The molecule has 0 atom stereocenters. The summed E-state index contributed by atoms with van der Waals surface area (Å²) in [6.45, 7) is 3.85. The molecule has 0 spiro atoms. The number of nitrogens with two attached hydrogens (primary N) is 1. The maximum absolute atomic E-state index is 11.9. The zero-order valence-corrected chi connectivity index (χ0v) is 12.3. The molecule has 7 nitrogen and oxygen atoms in total. The van der Waals surface area contributed by atoms with Crippen LogP contribution >= 0.6 is 0 Å². The number of aryl methyl sites for hydroxylation is 2. The van der Waals surface area contributed by atoms with Gasteiger partial charge >= 0.3 is 5.97 Å². The van der Waals surface area contributed by atoms with Crippen LogP contribution < -0.4 is 5.73 Å². The van der Waals surface area contributed by atoms with Crippen LogP contribution in [0.25, 0.3) is 0 Å². The summed E-state index contributed by atoms with van der Waals surface area (Å²) in [4.78, 5) is 11.9. The second-order valence-corrected chi connectivity index (χ2v) is 4.28. The molecule has 0 amide bonds. The summed E-state index contributed by atoms with van der Waals surface area (Å²) in [5.74, 6) is -0.450. The fourth-order valence-electron chi connectivity index (χ4n) is 1.74. The second-order valence-electron chi connectivity index (χ2n) is 4.28. The number of methoxy groups -OCH3 is 1. The van der Waals surface area contributed by atoms with E-state index < -0.39 is 5.97 Å². The standard InChI is InChI=1S/C13H23N3O4/c1-4-10-11(14)12(16(2)15-10)13(17)20-7-5-6-19-9-8-18-3/h4-9,14H2,1-3H3. The minimum absolute atomic E-state index is 0.290. The first kappa shape index (κ1) is 16.5. The van der Waals surface area contributed by atoms with E-state index in [1.54, 1.807) is 14.2 Å². The highest BCUT2D eigenvalue weighted by atomic mass is 16.5. The van der Waals surface area contributed by atoms with Gasteiger partial charge in [-0.3, -0.25) is 4.68 Å². The Morgan fingerprint density at radius 1 is 1.30 bits per heavy atom. The van der Waals surface area contributed by atoms with Crippen molar-refractivity contribution in [2.75, 3.05) is 39.3 Å². The smallest absolute Gasteiger partial charge is 0.358 e. The Bertz CT molecular complexity index is 431. The lowest BCUT2D eigenvalue weighted by Crippen LogP contribution is -2.14. The van der Waals surface area contributed by atoms with Crippen molar-refractivity contribution in [1.29, 1.82) is 0 Å². The van der Waals surface area contributed by atoms with Gasteiger partial charge in [-0.15, -0.1) is 0 Å². The average Bonchev–Trinajstić information content (AvgIpc) is 2.72. The molecule has 1 rings (SSSR count). The Morgan fingerprint density at radius 3 is 2.65 bits per heavy atom. The number of aromatic nitrogens is 2. The number of anilines is 1. The summed E-state index contributed by atoms with van der Waals surface area (Å²) in [6, 6.07) is 0. The van der Waals surface area contributed by atoms with Crippen LogP contribution in [0.4, 0.5) is 5.69 Å². The fraction of sp³-hybridized carbons (Fsp3) is 0.692. The third-order valence-corrected chi connectivity index (χ3v) is 2.79. The zero-order valence-electron chi connectivity index (χ0n) is 12.3. The largest absolute Gasteiger partial charge is 0.461 e. The van der Waals surface area contributed by atoms with E-state index in [4.69, 9.17) is 19.9 Å². The number of nitrogens with zero attached hydrogens (tertiary/aromatic N) is 2. The van der Waals surface area contributed by atoms with Gasteiger partial charge in [-0.1, -0.05) is 6.92 Å². The molecule has 0 bridgehead atoms. The molecule has 2 N–H and O–H groups in total. The lowest BCUT2D eigenvalue weighted by molar-refractivity contribution is 0.0377. The number of nitrogen functional groups attached to an aromatic ring is 1. The summed E-state index contributed by atoms with van der Waals surface area (Å²) >= 11 is 0. The van der Waals surface area contributed by atoms with Gasteiger partial charge in [0, 0.05) is 27.2 Å². The maximum Gasteiger partial charge on any atom is 0.358 e. The number of carbonyl (C=O) groups is 1. The minimum atomic E-state index is -0.450. The maximum atomic E-state index is 11.9. The molecule has 0 aliphatic heterocycles. The van der Waals surface area contributed by atoms with Crippen LogP contribution in [0.2, 0.25) is 0 Å².